The Morgan fingerprint density at radius 3 is 2.48 bits per heavy atom. The Hall–Kier alpha value is -1.62. The number of halogens is 1. The third-order valence-corrected chi connectivity index (χ3v) is 7.08. The number of hydrogen-bond donors (Lipinski definition) is 3. The monoisotopic (exact) mass is 635 g/mol. The van der Waals surface area contributed by atoms with Crippen LogP contribution >= 0.6 is 15.9 Å². The van der Waals surface area contributed by atoms with Gasteiger partial charge in [0.1, 0.15) is 5.75 Å². The van der Waals surface area contributed by atoms with Gasteiger partial charge in [-0.1, -0.05) is 31.9 Å². The standard InChI is InChI=1S/C16H19BrN2O2.C15H20NO2.K/c1-4-6-18-13(5-2)9-16(21)19-14-7-12(10-20)11(3)15(17)8-14;1-11-8-9-13(10-14(11)18-2)16-15(17)12-6-4-3-5-7-12;/h5,7-8,18H,3-4,6,9H2,1-2H3,(H,19,21);3,8-10,12H,4-7H2,1-2H3,(H,16,17);/q-2;-1;+1/b13-5-;;. The number of ether oxygens (including phenoxy) is 1. The van der Waals surface area contributed by atoms with Crippen molar-refractivity contribution in [2.24, 2.45) is 5.92 Å². The molecule has 0 atom stereocenters. The minimum Gasteiger partial charge on any atom is -0.496 e. The molecule has 7 nitrogen and oxygen atoms in total. The van der Waals surface area contributed by atoms with Crippen LogP contribution in [0, 0.1) is 26.2 Å². The van der Waals surface area contributed by atoms with Gasteiger partial charge in [0.15, 0.2) is 0 Å². The zero-order valence-corrected chi connectivity index (χ0v) is 29.0. The molecule has 9 heteroatoms. The number of methoxy groups -OCH3 is 1. The average molecular weight is 637 g/mol. The van der Waals surface area contributed by atoms with Crippen LogP contribution in [0.15, 0.2) is 46.6 Å². The van der Waals surface area contributed by atoms with Gasteiger partial charge in [-0.15, -0.1) is 26.5 Å². The topological polar surface area (TPSA) is 96.5 Å². The Labute approximate surface area is 290 Å². The Morgan fingerprint density at radius 2 is 1.88 bits per heavy atom. The molecule has 3 rings (SSSR count). The number of carbonyl (C=O) groups is 2. The summed E-state index contributed by atoms with van der Waals surface area (Å²) in [5.74, 6) is 0.952. The third kappa shape index (κ3) is 12.1. The molecule has 2 aromatic carbocycles. The number of hydrogen-bond acceptors (Lipinski definition) is 5. The molecule has 1 aliphatic rings. The van der Waals surface area contributed by atoms with Gasteiger partial charge >= 0.3 is 51.4 Å². The van der Waals surface area contributed by atoms with Crippen LogP contribution in [0.1, 0.15) is 69.1 Å². The Bertz CT molecular complexity index is 1160. The van der Waals surface area contributed by atoms with Gasteiger partial charge in [0, 0.05) is 29.9 Å². The number of allylic oxidation sites excluding steroid dienone is 1. The fourth-order valence-corrected chi connectivity index (χ4v) is 4.52. The number of benzene rings is 2. The molecule has 1 aliphatic carbocycles. The second kappa shape index (κ2) is 19.5. The maximum Gasteiger partial charge on any atom is 1.00 e. The van der Waals surface area contributed by atoms with E-state index in [0.717, 1.165) is 61.3 Å². The van der Waals surface area contributed by atoms with Crippen molar-refractivity contribution in [1.82, 2.24) is 5.32 Å². The van der Waals surface area contributed by atoms with E-state index in [2.05, 4.69) is 52.1 Å². The quantitative estimate of drug-likeness (QED) is 0.274. The smallest absolute Gasteiger partial charge is 0.496 e. The molecule has 2 amide bonds. The second-order valence-corrected chi connectivity index (χ2v) is 10.2. The van der Waals surface area contributed by atoms with Crippen LogP contribution < -0.4 is 72.1 Å². The fraction of sp³-hybridized carbons (Fsp3) is 0.387. The van der Waals surface area contributed by atoms with Crippen LogP contribution in [0.3, 0.4) is 0 Å². The Morgan fingerprint density at radius 1 is 1.18 bits per heavy atom. The van der Waals surface area contributed by atoms with Gasteiger partial charge in [-0.25, -0.2) is 0 Å². The molecule has 1 saturated carbocycles. The second-order valence-electron chi connectivity index (χ2n) is 9.37. The number of aryl methyl sites for hydroxylation is 1. The third-order valence-electron chi connectivity index (χ3n) is 6.38. The molecule has 0 saturated heterocycles. The Kier molecular flexibility index (Phi) is 17.7. The van der Waals surface area contributed by atoms with Gasteiger partial charge in [-0.3, -0.25) is 27.6 Å². The summed E-state index contributed by atoms with van der Waals surface area (Å²) >= 11 is 3.31. The molecule has 0 unspecified atom stereocenters. The SMILES string of the molecule is COc1cc(NC(=O)C2CC[CH-]CC2)ccc1C.[CH2-]c1c(Br)cc(NC(=O)C/C(=C/C)NCCC)cc1[C-]=O.[K+]. The number of anilines is 2. The van der Waals surface area contributed by atoms with Crippen LogP contribution in [0.4, 0.5) is 11.4 Å². The first-order valence-corrected chi connectivity index (χ1v) is 14.0. The summed E-state index contributed by atoms with van der Waals surface area (Å²) in [5.41, 5.74) is 4.20. The summed E-state index contributed by atoms with van der Waals surface area (Å²) in [6.45, 7) is 10.5. The first-order chi connectivity index (χ1) is 18.7. The Balaban J connectivity index is 0.000000394. The number of nitrogens with one attached hydrogen (secondary N) is 3. The number of carbonyl (C=O) groups excluding carboxylic acids is 3. The summed E-state index contributed by atoms with van der Waals surface area (Å²) in [7, 11) is 1.64. The summed E-state index contributed by atoms with van der Waals surface area (Å²) in [4.78, 5) is 34.9. The van der Waals surface area contributed by atoms with Gasteiger partial charge in [0.05, 0.1) is 13.5 Å². The predicted octanol–water partition coefficient (Wildman–Crippen LogP) is 3.66. The summed E-state index contributed by atoms with van der Waals surface area (Å²) < 4.78 is 5.92. The minimum atomic E-state index is -0.146. The van der Waals surface area contributed by atoms with Gasteiger partial charge in [-0.2, -0.15) is 18.9 Å². The molecule has 0 bridgehead atoms. The van der Waals surface area contributed by atoms with Crippen LogP contribution in [0.25, 0.3) is 0 Å². The normalized spacial score (nSPS) is 13.2. The minimum absolute atomic E-state index is 0. The van der Waals surface area contributed by atoms with Gasteiger partial charge in [0.25, 0.3) is 0 Å². The fourth-order valence-electron chi connectivity index (χ4n) is 4.06. The van der Waals surface area contributed by atoms with E-state index in [9.17, 15) is 14.4 Å². The van der Waals surface area contributed by atoms with E-state index in [1.54, 1.807) is 19.2 Å². The number of rotatable bonds is 10. The van der Waals surface area contributed by atoms with Crippen molar-refractivity contribution in [2.75, 3.05) is 24.3 Å². The van der Waals surface area contributed by atoms with Crippen LogP contribution in [0.5, 0.6) is 5.75 Å². The van der Waals surface area contributed by atoms with Gasteiger partial charge in [0.2, 0.25) is 11.8 Å². The van der Waals surface area contributed by atoms with E-state index in [-0.39, 0.29) is 75.5 Å². The molecule has 40 heavy (non-hydrogen) atoms. The zero-order chi connectivity index (χ0) is 28.8. The van der Waals surface area contributed by atoms with Crippen molar-refractivity contribution in [2.45, 2.75) is 59.3 Å². The average Bonchev–Trinajstić information content (AvgIpc) is 2.94. The van der Waals surface area contributed by atoms with Gasteiger partial charge < -0.3 is 31.9 Å². The maximum atomic E-state index is 12.1. The van der Waals surface area contributed by atoms with Crippen molar-refractivity contribution >= 4 is 45.4 Å². The van der Waals surface area contributed by atoms with E-state index in [4.69, 9.17) is 4.74 Å². The predicted molar refractivity (Wildman–Crippen MR) is 161 cm³/mol. The van der Waals surface area contributed by atoms with Crippen LogP contribution in [-0.4, -0.2) is 31.8 Å². The first kappa shape index (κ1) is 36.4. The van der Waals surface area contributed by atoms with Crippen molar-refractivity contribution in [1.29, 1.82) is 0 Å². The van der Waals surface area contributed by atoms with Crippen LogP contribution in [0.2, 0.25) is 0 Å². The molecule has 0 spiro atoms. The zero-order valence-electron chi connectivity index (χ0n) is 24.3. The summed E-state index contributed by atoms with van der Waals surface area (Å²) in [6, 6.07) is 9.04. The van der Waals surface area contributed by atoms with E-state index >= 15 is 0 Å². The molecule has 0 heterocycles. The molecule has 0 aromatic heterocycles. The van der Waals surface area contributed by atoms with Crippen molar-refractivity contribution < 1.29 is 70.5 Å². The van der Waals surface area contributed by atoms with E-state index in [1.165, 1.54) is 0 Å². The molecule has 0 radical (unpaired) electrons. The summed E-state index contributed by atoms with van der Waals surface area (Å²) in [5, 5.41) is 8.95. The van der Waals surface area contributed by atoms with Crippen LogP contribution in [-0.2, 0) is 14.4 Å². The molecular weight excluding hydrogens is 597 g/mol. The van der Waals surface area contributed by atoms with Crippen molar-refractivity contribution in [3.8, 4) is 5.75 Å². The van der Waals surface area contributed by atoms with E-state index in [0.29, 0.717) is 21.3 Å². The summed E-state index contributed by atoms with van der Waals surface area (Å²) in [6.07, 6.45) is 11.3. The first-order valence-electron chi connectivity index (χ1n) is 13.2. The van der Waals surface area contributed by atoms with Crippen molar-refractivity contribution in [3.05, 3.63) is 76.6 Å². The van der Waals surface area contributed by atoms with Crippen molar-refractivity contribution in [3.63, 3.8) is 0 Å². The molecular formula is C31H39BrKN3O4-2. The maximum absolute atomic E-state index is 12.1. The van der Waals surface area contributed by atoms with Gasteiger partial charge in [-0.05, 0) is 43.9 Å². The van der Waals surface area contributed by atoms with E-state index < -0.39 is 0 Å². The molecule has 1 fully saturated rings. The molecule has 0 aliphatic heterocycles. The number of amides is 2. The largest absolute Gasteiger partial charge is 1.00 e. The molecule has 212 valence electrons. The molecule has 2 aromatic rings. The van der Waals surface area contributed by atoms with E-state index in [1.807, 2.05) is 44.4 Å². The molecule has 3 N–H and O–H groups in total.